The number of nitrogens with zero attached hydrogens (tertiary/aromatic N) is 4. The Morgan fingerprint density at radius 3 is 2.57 bits per heavy atom. The number of imidazole rings is 1. The van der Waals surface area contributed by atoms with Crippen LogP contribution in [0.3, 0.4) is 0 Å². The number of carbonyl (C=O) groups is 1. The zero-order chi connectivity index (χ0) is 15.0. The number of nitrogen functional groups attached to an aromatic ring is 2. The molecule has 0 fully saturated rings. The number of hydrogen-bond donors (Lipinski definition) is 3. The highest BCUT2D eigenvalue weighted by Crippen LogP contribution is 2.29. The Balaban J connectivity index is 2.11. The van der Waals surface area contributed by atoms with Gasteiger partial charge in [-0.25, -0.2) is 19.7 Å². The standard InChI is InChI=1S/C12H10N6O2S/c13-6-5-7(14)16-12(15-6)21-10-9(11(19)20)18-4-2-1-3-8(18)17-10/h1-5H,(H,19,20)(H4,13,14,15,16). The average molecular weight is 302 g/mol. The number of anilines is 2. The molecule has 0 bridgehead atoms. The first-order valence-corrected chi connectivity index (χ1v) is 6.64. The van der Waals surface area contributed by atoms with Crippen LogP contribution < -0.4 is 11.5 Å². The number of rotatable bonds is 3. The molecule has 8 nitrogen and oxygen atoms in total. The second-order valence-electron chi connectivity index (χ2n) is 4.10. The summed E-state index contributed by atoms with van der Waals surface area (Å²) in [6, 6.07) is 6.64. The van der Waals surface area contributed by atoms with Gasteiger partial charge in [0.05, 0.1) is 0 Å². The predicted octanol–water partition coefficient (Wildman–Crippen LogP) is 1.14. The maximum absolute atomic E-state index is 11.5. The molecule has 0 saturated carbocycles. The summed E-state index contributed by atoms with van der Waals surface area (Å²) in [4.78, 5) is 23.7. The van der Waals surface area contributed by atoms with Crippen LogP contribution in [0.4, 0.5) is 11.6 Å². The highest BCUT2D eigenvalue weighted by molar-refractivity contribution is 7.99. The van der Waals surface area contributed by atoms with Crippen molar-refractivity contribution in [2.75, 3.05) is 11.5 Å². The van der Waals surface area contributed by atoms with E-state index < -0.39 is 5.97 Å². The third-order valence-electron chi connectivity index (χ3n) is 2.63. The van der Waals surface area contributed by atoms with E-state index >= 15 is 0 Å². The molecule has 5 N–H and O–H groups in total. The molecule has 21 heavy (non-hydrogen) atoms. The van der Waals surface area contributed by atoms with Crippen LogP contribution in [0, 0.1) is 0 Å². The predicted molar refractivity (Wildman–Crippen MR) is 77.1 cm³/mol. The molecular formula is C12H10N6O2S. The lowest BCUT2D eigenvalue weighted by atomic mass is 10.4. The van der Waals surface area contributed by atoms with Gasteiger partial charge in [-0.3, -0.25) is 4.40 Å². The highest BCUT2D eigenvalue weighted by Gasteiger charge is 2.20. The van der Waals surface area contributed by atoms with Gasteiger partial charge in [0, 0.05) is 12.3 Å². The summed E-state index contributed by atoms with van der Waals surface area (Å²) in [6.07, 6.45) is 1.63. The van der Waals surface area contributed by atoms with Crippen LogP contribution in [0.15, 0.2) is 40.6 Å². The lowest BCUT2D eigenvalue weighted by Gasteiger charge is -2.01. The summed E-state index contributed by atoms with van der Waals surface area (Å²) < 4.78 is 1.49. The topological polar surface area (TPSA) is 132 Å². The first kappa shape index (κ1) is 13.2. The SMILES string of the molecule is Nc1cc(N)nc(Sc2nc3ccccn3c2C(=O)O)n1. The third kappa shape index (κ3) is 2.46. The summed E-state index contributed by atoms with van der Waals surface area (Å²) >= 11 is 1.00. The number of pyridine rings is 1. The Morgan fingerprint density at radius 2 is 1.90 bits per heavy atom. The van der Waals surface area contributed by atoms with Gasteiger partial charge in [0.25, 0.3) is 0 Å². The Hall–Kier alpha value is -2.81. The fourth-order valence-corrected chi connectivity index (χ4v) is 2.73. The third-order valence-corrected chi connectivity index (χ3v) is 3.48. The number of aromatic carboxylic acids is 1. The number of fused-ring (bicyclic) bond motifs is 1. The molecule has 0 atom stereocenters. The van der Waals surface area contributed by atoms with Gasteiger partial charge in [-0.2, -0.15) is 0 Å². The van der Waals surface area contributed by atoms with Gasteiger partial charge in [-0.05, 0) is 23.9 Å². The summed E-state index contributed by atoms with van der Waals surface area (Å²) in [5.41, 5.74) is 11.8. The van der Waals surface area contributed by atoms with Crippen molar-refractivity contribution < 1.29 is 9.90 Å². The van der Waals surface area contributed by atoms with Crippen molar-refractivity contribution in [3.05, 3.63) is 36.2 Å². The number of hydrogen-bond acceptors (Lipinski definition) is 7. The molecule has 0 aliphatic carbocycles. The van der Waals surface area contributed by atoms with E-state index in [9.17, 15) is 9.90 Å². The van der Waals surface area contributed by atoms with Crippen LogP contribution in [0.1, 0.15) is 10.5 Å². The molecule has 0 radical (unpaired) electrons. The number of nitrogens with two attached hydrogens (primary N) is 2. The second kappa shape index (κ2) is 4.94. The van der Waals surface area contributed by atoms with Crippen molar-refractivity contribution in [2.24, 2.45) is 0 Å². The maximum atomic E-state index is 11.5. The fourth-order valence-electron chi connectivity index (χ4n) is 1.83. The van der Waals surface area contributed by atoms with Crippen LogP contribution in [0.5, 0.6) is 0 Å². The average Bonchev–Trinajstić information content (AvgIpc) is 2.75. The second-order valence-corrected chi connectivity index (χ2v) is 5.06. The monoisotopic (exact) mass is 302 g/mol. The van der Waals surface area contributed by atoms with Gasteiger partial charge in [0.2, 0.25) is 0 Å². The summed E-state index contributed by atoms with van der Waals surface area (Å²) in [5, 5.41) is 9.90. The van der Waals surface area contributed by atoms with Crippen LogP contribution in [0.25, 0.3) is 5.65 Å². The van der Waals surface area contributed by atoms with Crippen molar-refractivity contribution in [1.29, 1.82) is 0 Å². The van der Waals surface area contributed by atoms with Gasteiger partial charge in [0.1, 0.15) is 22.3 Å². The molecule has 3 heterocycles. The zero-order valence-electron chi connectivity index (χ0n) is 10.6. The van der Waals surface area contributed by atoms with Crippen LogP contribution in [0.2, 0.25) is 0 Å². The maximum Gasteiger partial charge on any atom is 0.355 e. The molecule has 0 aliphatic rings. The minimum absolute atomic E-state index is 0.0418. The Morgan fingerprint density at radius 1 is 1.19 bits per heavy atom. The van der Waals surface area contributed by atoms with Gasteiger partial charge < -0.3 is 16.6 Å². The summed E-state index contributed by atoms with van der Waals surface area (Å²) in [7, 11) is 0. The minimum Gasteiger partial charge on any atom is -0.476 e. The normalized spacial score (nSPS) is 10.9. The molecule has 0 saturated heterocycles. The summed E-state index contributed by atoms with van der Waals surface area (Å²) in [6.45, 7) is 0. The molecule has 0 unspecified atom stereocenters. The Kier molecular flexibility index (Phi) is 3.10. The van der Waals surface area contributed by atoms with Crippen molar-refractivity contribution in [2.45, 2.75) is 10.2 Å². The zero-order valence-corrected chi connectivity index (χ0v) is 11.4. The van der Waals surface area contributed by atoms with E-state index in [2.05, 4.69) is 15.0 Å². The van der Waals surface area contributed by atoms with Crippen molar-refractivity contribution in [1.82, 2.24) is 19.4 Å². The van der Waals surface area contributed by atoms with Gasteiger partial charge in [-0.15, -0.1) is 0 Å². The van der Waals surface area contributed by atoms with Crippen LogP contribution >= 0.6 is 11.8 Å². The Bertz CT molecular complexity index is 827. The molecule has 0 aliphatic heterocycles. The molecule has 3 aromatic heterocycles. The lowest BCUT2D eigenvalue weighted by molar-refractivity contribution is 0.0685. The van der Waals surface area contributed by atoms with Crippen molar-refractivity contribution >= 4 is 35.0 Å². The van der Waals surface area contributed by atoms with Gasteiger partial charge in [0.15, 0.2) is 10.9 Å². The number of carboxylic acid groups (broad SMARTS) is 1. The molecule has 0 amide bonds. The minimum atomic E-state index is -1.09. The molecule has 0 spiro atoms. The smallest absolute Gasteiger partial charge is 0.355 e. The number of carboxylic acids is 1. The van der Waals surface area contributed by atoms with Gasteiger partial charge >= 0.3 is 5.97 Å². The first-order chi connectivity index (χ1) is 10.0. The van der Waals surface area contributed by atoms with Crippen LogP contribution in [-0.4, -0.2) is 30.4 Å². The first-order valence-electron chi connectivity index (χ1n) is 5.83. The van der Waals surface area contributed by atoms with E-state index in [-0.39, 0.29) is 27.5 Å². The lowest BCUT2D eigenvalue weighted by Crippen LogP contribution is -2.04. The molecule has 9 heteroatoms. The van der Waals surface area contributed by atoms with Gasteiger partial charge in [-0.1, -0.05) is 6.07 Å². The van der Waals surface area contributed by atoms with E-state index in [0.29, 0.717) is 5.65 Å². The van der Waals surface area contributed by atoms with E-state index in [1.807, 2.05) is 0 Å². The van der Waals surface area contributed by atoms with E-state index in [0.717, 1.165) is 11.8 Å². The molecule has 0 aromatic carbocycles. The molecule has 106 valence electrons. The van der Waals surface area contributed by atoms with E-state index in [4.69, 9.17) is 11.5 Å². The summed E-state index contributed by atoms with van der Waals surface area (Å²) in [5.74, 6) is -0.663. The molecule has 3 rings (SSSR count). The quantitative estimate of drug-likeness (QED) is 0.613. The largest absolute Gasteiger partial charge is 0.476 e. The van der Waals surface area contributed by atoms with E-state index in [1.165, 1.54) is 10.5 Å². The van der Waals surface area contributed by atoms with Crippen LogP contribution in [-0.2, 0) is 0 Å². The molecule has 3 aromatic rings. The number of aromatic nitrogens is 4. The van der Waals surface area contributed by atoms with Crippen molar-refractivity contribution in [3.8, 4) is 0 Å². The Labute approximate surface area is 122 Å². The van der Waals surface area contributed by atoms with E-state index in [1.54, 1.807) is 24.4 Å². The highest BCUT2D eigenvalue weighted by atomic mass is 32.2. The molecular weight excluding hydrogens is 292 g/mol. The van der Waals surface area contributed by atoms with Crippen molar-refractivity contribution in [3.63, 3.8) is 0 Å². The fraction of sp³-hybridized carbons (Fsp3) is 0.